The fourth-order valence-corrected chi connectivity index (χ4v) is 3.26. The molecular formula is C22H22N3+. The Balaban J connectivity index is 1.76. The van der Waals surface area contributed by atoms with E-state index in [1.807, 2.05) is 0 Å². The third-order valence-electron chi connectivity index (χ3n) is 4.82. The normalized spacial score (nSPS) is 11.1. The molecule has 25 heavy (non-hydrogen) atoms. The highest BCUT2D eigenvalue weighted by Gasteiger charge is 2.19. The standard InChI is InChI=1S/C22H22N3/c1-17-9-3-5-11-19(17)15-24-21-13-7-8-14-22(21)25(23-24)16-20-12-6-4-10-18(20)2/h3-14H,15-16H2,1-2H3/q+1. The van der Waals surface area contributed by atoms with Crippen molar-refractivity contribution < 1.29 is 4.68 Å². The molecule has 4 rings (SSSR count). The lowest BCUT2D eigenvalue weighted by atomic mass is 10.1. The highest BCUT2D eigenvalue weighted by Crippen LogP contribution is 2.15. The van der Waals surface area contributed by atoms with Crippen molar-refractivity contribution in [3.8, 4) is 0 Å². The molecule has 0 aliphatic carbocycles. The highest BCUT2D eigenvalue weighted by molar-refractivity contribution is 5.71. The Labute approximate surface area is 148 Å². The van der Waals surface area contributed by atoms with Gasteiger partial charge in [0.1, 0.15) is 13.1 Å². The second-order valence-electron chi connectivity index (χ2n) is 6.55. The zero-order chi connectivity index (χ0) is 17.2. The van der Waals surface area contributed by atoms with Crippen molar-refractivity contribution in [1.29, 1.82) is 0 Å². The summed E-state index contributed by atoms with van der Waals surface area (Å²) in [6.45, 7) is 5.88. The summed E-state index contributed by atoms with van der Waals surface area (Å²) in [5, 5.41) is 4.90. The number of para-hydroxylation sites is 2. The molecule has 1 heterocycles. The Kier molecular flexibility index (Phi) is 4.06. The first kappa shape index (κ1) is 15.6. The lowest BCUT2D eigenvalue weighted by molar-refractivity contribution is -0.724. The van der Waals surface area contributed by atoms with E-state index in [0.29, 0.717) is 0 Å². The average Bonchev–Trinajstić information content (AvgIpc) is 2.97. The van der Waals surface area contributed by atoms with Crippen LogP contribution >= 0.6 is 0 Å². The van der Waals surface area contributed by atoms with Crippen LogP contribution in [0.15, 0.2) is 72.8 Å². The minimum Gasteiger partial charge on any atom is -0.125 e. The average molecular weight is 328 g/mol. The monoisotopic (exact) mass is 328 g/mol. The van der Waals surface area contributed by atoms with Crippen LogP contribution in [0.1, 0.15) is 22.3 Å². The summed E-state index contributed by atoms with van der Waals surface area (Å²) in [5.74, 6) is 0. The molecule has 0 atom stereocenters. The van der Waals surface area contributed by atoms with E-state index in [0.717, 1.165) is 13.1 Å². The molecule has 1 aromatic heterocycles. The van der Waals surface area contributed by atoms with Crippen LogP contribution in [-0.4, -0.2) is 9.90 Å². The van der Waals surface area contributed by atoms with E-state index in [1.54, 1.807) is 0 Å². The van der Waals surface area contributed by atoms with Crippen molar-refractivity contribution in [3.05, 3.63) is 95.1 Å². The van der Waals surface area contributed by atoms with Crippen LogP contribution in [-0.2, 0) is 13.1 Å². The van der Waals surface area contributed by atoms with Crippen LogP contribution in [0.5, 0.6) is 0 Å². The first-order valence-corrected chi connectivity index (χ1v) is 8.67. The number of hydrogen-bond acceptors (Lipinski definition) is 1. The molecule has 0 bridgehead atoms. The summed E-state index contributed by atoms with van der Waals surface area (Å²) in [4.78, 5) is 0. The summed E-state index contributed by atoms with van der Waals surface area (Å²) in [5.41, 5.74) is 7.54. The van der Waals surface area contributed by atoms with Crippen molar-refractivity contribution in [2.24, 2.45) is 0 Å². The molecule has 0 radical (unpaired) electrons. The van der Waals surface area contributed by atoms with Crippen molar-refractivity contribution in [3.63, 3.8) is 0 Å². The minimum atomic E-state index is 0.786. The van der Waals surface area contributed by atoms with Crippen molar-refractivity contribution >= 4 is 11.0 Å². The van der Waals surface area contributed by atoms with Gasteiger partial charge in [-0.1, -0.05) is 60.7 Å². The zero-order valence-corrected chi connectivity index (χ0v) is 14.7. The van der Waals surface area contributed by atoms with E-state index in [2.05, 4.69) is 96.0 Å². The Bertz CT molecular complexity index is 949. The molecule has 0 fully saturated rings. The molecular weight excluding hydrogens is 306 g/mol. The van der Waals surface area contributed by atoms with Gasteiger partial charge in [-0.2, -0.15) is 0 Å². The molecule has 0 N–H and O–H groups in total. The molecule has 3 nitrogen and oxygen atoms in total. The number of aromatic nitrogens is 3. The molecule has 0 aliphatic rings. The Morgan fingerprint density at radius 1 is 0.760 bits per heavy atom. The van der Waals surface area contributed by atoms with Gasteiger partial charge in [-0.25, -0.2) is 0 Å². The van der Waals surface area contributed by atoms with Gasteiger partial charge >= 0.3 is 0 Å². The summed E-state index contributed by atoms with van der Waals surface area (Å²) in [6.07, 6.45) is 0. The number of aryl methyl sites for hydroxylation is 2. The number of fused-ring (bicyclic) bond motifs is 1. The van der Waals surface area contributed by atoms with E-state index < -0.39 is 0 Å². The molecule has 4 aromatic rings. The molecule has 3 heteroatoms. The van der Waals surface area contributed by atoms with Crippen LogP contribution in [0.3, 0.4) is 0 Å². The van der Waals surface area contributed by atoms with Gasteiger partial charge in [-0.3, -0.25) is 0 Å². The predicted molar refractivity (Wildman–Crippen MR) is 100 cm³/mol. The summed E-state index contributed by atoms with van der Waals surface area (Å²) < 4.78 is 4.21. The van der Waals surface area contributed by atoms with Gasteiger partial charge in [0.15, 0.2) is 11.0 Å². The number of hydrogen-bond donors (Lipinski definition) is 0. The lowest BCUT2D eigenvalue weighted by Gasteiger charge is -2.02. The SMILES string of the molecule is Cc1ccccc1Cn1n[n+](Cc2ccccc2C)c2ccccc21. The van der Waals surface area contributed by atoms with Crippen LogP contribution in [0, 0.1) is 13.8 Å². The molecule has 0 saturated carbocycles. The van der Waals surface area contributed by atoms with Crippen LogP contribution < -0.4 is 4.68 Å². The summed E-state index contributed by atoms with van der Waals surface area (Å²) in [6, 6.07) is 25.5. The predicted octanol–water partition coefficient (Wildman–Crippen LogP) is 4.04. The fraction of sp³-hybridized carbons (Fsp3) is 0.182. The molecule has 0 saturated heterocycles. The van der Waals surface area contributed by atoms with Gasteiger partial charge in [0.05, 0.1) is 5.21 Å². The smallest absolute Gasteiger partial charge is 0.125 e. The molecule has 0 aliphatic heterocycles. The van der Waals surface area contributed by atoms with Crippen LogP contribution in [0.2, 0.25) is 0 Å². The minimum absolute atomic E-state index is 0.786. The Morgan fingerprint density at radius 2 is 1.36 bits per heavy atom. The quantitative estimate of drug-likeness (QED) is 0.518. The van der Waals surface area contributed by atoms with E-state index in [-0.39, 0.29) is 0 Å². The summed E-state index contributed by atoms with van der Waals surface area (Å²) in [7, 11) is 0. The van der Waals surface area contributed by atoms with Crippen LogP contribution in [0.25, 0.3) is 11.0 Å². The Hall–Kier alpha value is -2.94. The number of nitrogens with zero attached hydrogens (tertiary/aromatic N) is 3. The van der Waals surface area contributed by atoms with Crippen molar-refractivity contribution in [1.82, 2.24) is 9.90 Å². The third kappa shape index (κ3) is 3.05. The van der Waals surface area contributed by atoms with Crippen LogP contribution in [0.4, 0.5) is 0 Å². The maximum Gasteiger partial charge on any atom is 0.198 e. The second kappa shape index (κ2) is 6.52. The number of rotatable bonds is 4. The van der Waals surface area contributed by atoms with Crippen molar-refractivity contribution in [2.75, 3.05) is 0 Å². The lowest BCUT2D eigenvalue weighted by Crippen LogP contribution is -2.38. The van der Waals surface area contributed by atoms with Crippen molar-refractivity contribution in [2.45, 2.75) is 26.9 Å². The Morgan fingerprint density at radius 3 is 2.08 bits per heavy atom. The second-order valence-corrected chi connectivity index (χ2v) is 6.55. The molecule has 0 spiro atoms. The van der Waals surface area contributed by atoms with Gasteiger partial charge in [0.2, 0.25) is 0 Å². The highest BCUT2D eigenvalue weighted by atomic mass is 15.5. The van der Waals surface area contributed by atoms with E-state index in [9.17, 15) is 0 Å². The van der Waals surface area contributed by atoms with E-state index in [4.69, 9.17) is 5.21 Å². The maximum absolute atomic E-state index is 4.90. The fourth-order valence-electron chi connectivity index (χ4n) is 3.26. The van der Waals surface area contributed by atoms with Gasteiger partial charge < -0.3 is 0 Å². The third-order valence-corrected chi connectivity index (χ3v) is 4.82. The zero-order valence-electron chi connectivity index (χ0n) is 14.7. The molecule has 3 aromatic carbocycles. The van der Waals surface area contributed by atoms with Gasteiger partial charge in [0.25, 0.3) is 0 Å². The maximum atomic E-state index is 4.90. The first-order valence-electron chi connectivity index (χ1n) is 8.67. The van der Waals surface area contributed by atoms with Gasteiger partial charge in [0, 0.05) is 0 Å². The molecule has 124 valence electrons. The van der Waals surface area contributed by atoms with E-state index in [1.165, 1.54) is 33.3 Å². The number of benzene rings is 3. The van der Waals surface area contributed by atoms with Gasteiger partial charge in [-0.15, -0.1) is 9.36 Å². The molecule has 0 amide bonds. The largest absolute Gasteiger partial charge is 0.198 e. The van der Waals surface area contributed by atoms with Gasteiger partial charge in [-0.05, 0) is 48.2 Å². The first-order chi connectivity index (χ1) is 12.2. The summed E-state index contributed by atoms with van der Waals surface area (Å²) >= 11 is 0. The van der Waals surface area contributed by atoms with E-state index >= 15 is 0 Å². The topological polar surface area (TPSA) is 21.7 Å². The molecule has 0 unspecified atom stereocenters.